The highest BCUT2D eigenvalue weighted by molar-refractivity contribution is 5.93. The fraction of sp³-hybridized carbons (Fsp3) is 0.480. The van der Waals surface area contributed by atoms with Gasteiger partial charge in [0.25, 0.3) is 0 Å². The average Bonchev–Trinajstić information content (AvgIpc) is 3.14. The van der Waals surface area contributed by atoms with Crippen molar-refractivity contribution in [1.29, 1.82) is 0 Å². The van der Waals surface area contributed by atoms with E-state index in [2.05, 4.69) is 15.6 Å². The number of aliphatic hydroxyl groups excluding tert-OH is 1. The molecule has 2 aromatic rings. The monoisotopic (exact) mass is 451 g/mol. The number of benzene rings is 1. The molecule has 3 aliphatic rings. The van der Waals surface area contributed by atoms with Crippen LogP contribution in [0.25, 0.3) is 0 Å². The van der Waals surface area contributed by atoms with Gasteiger partial charge in [-0.2, -0.15) is 0 Å². The first-order valence-electron chi connectivity index (χ1n) is 11.6. The molecule has 2 fully saturated rings. The maximum absolute atomic E-state index is 12.5. The Labute approximate surface area is 192 Å². The van der Waals surface area contributed by atoms with Crippen LogP contribution in [-0.4, -0.2) is 46.8 Å². The molecule has 3 heterocycles. The number of nitrogens with zero attached hydrogens (tertiary/aromatic N) is 1. The molecule has 174 valence electrons. The summed E-state index contributed by atoms with van der Waals surface area (Å²) >= 11 is 0. The summed E-state index contributed by atoms with van der Waals surface area (Å²) in [5, 5.41) is 15.9. The number of aliphatic hydroxyl groups is 1. The van der Waals surface area contributed by atoms with Crippen molar-refractivity contribution in [1.82, 2.24) is 10.3 Å². The van der Waals surface area contributed by atoms with E-state index in [1.165, 1.54) is 0 Å². The lowest BCUT2D eigenvalue weighted by Crippen LogP contribution is -2.47. The first kappa shape index (κ1) is 21.9. The Morgan fingerprint density at radius 2 is 2.09 bits per heavy atom. The number of hydrogen-bond acceptors (Lipinski definition) is 6. The van der Waals surface area contributed by atoms with E-state index < -0.39 is 6.10 Å². The molecule has 0 bridgehead atoms. The van der Waals surface area contributed by atoms with Gasteiger partial charge in [-0.1, -0.05) is 12.5 Å². The molecule has 4 atom stereocenters. The van der Waals surface area contributed by atoms with Crippen LogP contribution in [0.15, 0.2) is 42.7 Å². The summed E-state index contributed by atoms with van der Waals surface area (Å²) in [5.41, 5.74) is 2.68. The fourth-order valence-corrected chi connectivity index (χ4v) is 4.86. The first-order chi connectivity index (χ1) is 16.1. The molecule has 8 nitrogen and oxygen atoms in total. The molecule has 1 aliphatic carbocycles. The summed E-state index contributed by atoms with van der Waals surface area (Å²) in [6, 6.07) is 9.43. The molecule has 1 saturated heterocycles. The minimum Gasteiger partial charge on any atom is -0.487 e. The number of carbonyl (C=O) groups excluding carboxylic acids is 2. The predicted octanol–water partition coefficient (Wildman–Crippen LogP) is 2.52. The van der Waals surface area contributed by atoms with E-state index in [0.717, 1.165) is 41.8 Å². The second kappa shape index (κ2) is 9.49. The Morgan fingerprint density at radius 3 is 2.82 bits per heavy atom. The molecule has 0 unspecified atom stereocenters. The van der Waals surface area contributed by atoms with Crippen molar-refractivity contribution in [2.24, 2.45) is 5.92 Å². The lowest BCUT2D eigenvalue weighted by atomic mass is 9.83. The van der Waals surface area contributed by atoms with Crippen molar-refractivity contribution in [2.75, 3.05) is 11.9 Å². The highest BCUT2D eigenvalue weighted by atomic mass is 16.6. The van der Waals surface area contributed by atoms with Gasteiger partial charge in [-0.15, -0.1) is 0 Å². The van der Waals surface area contributed by atoms with Gasteiger partial charge in [-0.25, -0.2) is 0 Å². The zero-order valence-electron chi connectivity index (χ0n) is 18.4. The second-order valence-corrected chi connectivity index (χ2v) is 9.12. The van der Waals surface area contributed by atoms with E-state index in [1.807, 2.05) is 30.3 Å². The number of anilines is 1. The van der Waals surface area contributed by atoms with Gasteiger partial charge in [0, 0.05) is 42.0 Å². The van der Waals surface area contributed by atoms with Crippen LogP contribution in [-0.2, 0) is 20.9 Å². The first-order valence-corrected chi connectivity index (χ1v) is 11.6. The van der Waals surface area contributed by atoms with Crippen LogP contribution in [0.5, 0.6) is 5.75 Å². The van der Waals surface area contributed by atoms with E-state index in [0.29, 0.717) is 13.0 Å². The topological polar surface area (TPSA) is 110 Å². The number of fused-ring (bicyclic) bond motifs is 3. The average molecular weight is 452 g/mol. The molecule has 8 heteroatoms. The van der Waals surface area contributed by atoms with Crippen LogP contribution in [0, 0.1) is 5.92 Å². The van der Waals surface area contributed by atoms with Crippen molar-refractivity contribution >= 4 is 17.5 Å². The third-order valence-electron chi connectivity index (χ3n) is 6.87. The fourth-order valence-electron chi connectivity index (χ4n) is 4.86. The summed E-state index contributed by atoms with van der Waals surface area (Å²) < 4.78 is 12.1. The molecule has 2 aliphatic heterocycles. The molecule has 1 saturated carbocycles. The summed E-state index contributed by atoms with van der Waals surface area (Å²) in [6.45, 7) is 0.221. The number of hydrogen-bond donors (Lipinski definition) is 3. The number of ether oxygens (including phenoxy) is 2. The number of carbonyl (C=O) groups is 2. The van der Waals surface area contributed by atoms with Crippen LogP contribution in [0.1, 0.15) is 49.1 Å². The minimum atomic E-state index is -0.514. The Morgan fingerprint density at radius 1 is 1.21 bits per heavy atom. The van der Waals surface area contributed by atoms with Gasteiger partial charge in [0.15, 0.2) is 0 Å². The highest BCUT2D eigenvalue weighted by Gasteiger charge is 2.46. The smallest absolute Gasteiger partial charge is 0.227 e. The van der Waals surface area contributed by atoms with E-state index >= 15 is 0 Å². The van der Waals surface area contributed by atoms with Crippen molar-refractivity contribution in [3.05, 3.63) is 53.9 Å². The minimum absolute atomic E-state index is 0.0115. The van der Waals surface area contributed by atoms with Crippen LogP contribution < -0.4 is 15.4 Å². The summed E-state index contributed by atoms with van der Waals surface area (Å²) in [5.74, 6) is 0.802. The number of aromatic nitrogens is 1. The third kappa shape index (κ3) is 4.72. The standard InChI is InChI=1S/C25H29N3O5/c29-14-22-24-20(10-18(32-22)11-23(30)27-13-15-3-2-8-26-12-15)19-9-17(6-7-21(19)33-24)28-25(31)16-4-1-5-16/h2-3,6-9,12,16,18,20,22,24,29H,1,4-5,10-11,13-14H2,(H,27,30)(H,28,31)/t18-,20+,22-,24-/m1/s1. The number of pyridine rings is 1. The zero-order valence-corrected chi connectivity index (χ0v) is 18.4. The zero-order chi connectivity index (χ0) is 22.8. The quantitative estimate of drug-likeness (QED) is 0.597. The molecule has 3 N–H and O–H groups in total. The second-order valence-electron chi connectivity index (χ2n) is 9.12. The van der Waals surface area contributed by atoms with Gasteiger partial charge >= 0.3 is 0 Å². The molecular weight excluding hydrogens is 422 g/mol. The van der Waals surface area contributed by atoms with Crippen molar-refractivity contribution in [3.8, 4) is 5.75 Å². The Bertz CT molecular complexity index is 1010. The van der Waals surface area contributed by atoms with E-state index in [4.69, 9.17) is 9.47 Å². The molecule has 1 aromatic carbocycles. The van der Waals surface area contributed by atoms with E-state index in [-0.39, 0.29) is 48.9 Å². The lowest BCUT2D eigenvalue weighted by Gasteiger charge is -2.37. The van der Waals surface area contributed by atoms with Crippen molar-refractivity contribution in [2.45, 2.75) is 62.9 Å². The Kier molecular flexibility index (Phi) is 6.28. The van der Waals surface area contributed by atoms with Gasteiger partial charge in [0.05, 0.1) is 19.1 Å². The Hall–Kier alpha value is -2.97. The summed E-state index contributed by atoms with van der Waals surface area (Å²) in [7, 11) is 0. The van der Waals surface area contributed by atoms with E-state index in [1.54, 1.807) is 12.4 Å². The molecule has 5 rings (SSSR count). The highest BCUT2D eigenvalue weighted by Crippen LogP contribution is 2.47. The Balaban J connectivity index is 1.25. The normalized spacial score (nSPS) is 25.8. The van der Waals surface area contributed by atoms with Gasteiger partial charge in [0.1, 0.15) is 18.0 Å². The summed E-state index contributed by atoms with van der Waals surface area (Å²) in [4.78, 5) is 29.0. The van der Waals surface area contributed by atoms with Crippen LogP contribution >= 0.6 is 0 Å². The molecular formula is C25H29N3O5. The third-order valence-corrected chi connectivity index (χ3v) is 6.87. The van der Waals surface area contributed by atoms with E-state index in [9.17, 15) is 14.7 Å². The molecule has 0 spiro atoms. The number of nitrogens with one attached hydrogen (secondary N) is 2. The molecule has 1 aromatic heterocycles. The van der Waals surface area contributed by atoms with Gasteiger partial charge in [0.2, 0.25) is 11.8 Å². The lowest BCUT2D eigenvalue weighted by molar-refractivity contribution is -0.142. The van der Waals surface area contributed by atoms with Gasteiger partial charge in [-0.05, 0) is 49.1 Å². The number of rotatable bonds is 7. The molecule has 33 heavy (non-hydrogen) atoms. The molecule has 2 amide bonds. The van der Waals surface area contributed by atoms with Crippen molar-refractivity contribution in [3.63, 3.8) is 0 Å². The van der Waals surface area contributed by atoms with Crippen LogP contribution in [0.4, 0.5) is 5.69 Å². The maximum atomic E-state index is 12.5. The molecule has 0 radical (unpaired) electrons. The van der Waals surface area contributed by atoms with Gasteiger partial charge in [-0.3, -0.25) is 14.6 Å². The largest absolute Gasteiger partial charge is 0.487 e. The van der Waals surface area contributed by atoms with Crippen LogP contribution in [0.3, 0.4) is 0 Å². The predicted molar refractivity (Wildman–Crippen MR) is 121 cm³/mol. The number of amides is 2. The summed E-state index contributed by atoms with van der Waals surface area (Å²) in [6.07, 6.45) is 6.07. The van der Waals surface area contributed by atoms with Gasteiger partial charge < -0.3 is 25.2 Å². The SMILES string of the molecule is O=C(C[C@H]1C[C@H]2c3cc(NC(=O)C4CCC4)ccc3O[C@H]2[C@@H](CO)O1)NCc1cccnc1. The van der Waals surface area contributed by atoms with Crippen molar-refractivity contribution < 1.29 is 24.2 Å². The van der Waals surface area contributed by atoms with Crippen LogP contribution in [0.2, 0.25) is 0 Å². The maximum Gasteiger partial charge on any atom is 0.227 e.